The summed E-state index contributed by atoms with van der Waals surface area (Å²) in [6, 6.07) is 0. The van der Waals surface area contributed by atoms with Crippen LogP contribution in [0, 0.1) is 10.1 Å². The van der Waals surface area contributed by atoms with Crippen LogP contribution in [0.25, 0.3) is 0 Å². The Hall–Kier alpha value is -0.860. The second kappa shape index (κ2) is 2.62. The molecule has 3 heteroatoms. The molecule has 9 heavy (non-hydrogen) atoms. The van der Waals surface area contributed by atoms with Crippen molar-refractivity contribution in [1.29, 1.82) is 0 Å². The number of allylic oxidation sites excluding steroid dienone is 1. The molecular formula is C6H9NO2. The molecule has 0 aromatic carbocycles. The maximum atomic E-state index is 9.92. The summed E-state index contributed by atoms with van der Waals surface area (Å²) in [6.07, 6.45) is 5.04. The zero-order chi connectivity index (χ0) is 6.69. The minimum absolute atomic E-state index is 0.0556. The average Bonchev–Trinajstić information content (AvgIpc) is 2.15. The molecule has 0 heterocycles. The molecule has 0 aromatic rings. The van der Waals surface area contributed by atoms with E-state index in [4.69, 9.17) is 0 Å². The largest absolute Gasteiger partial charge is 0.264 e. The molecule has 1 aliphatic rings. The van der Waals surface area contributed by atoms with Crippen molar-refractivity contribution in [2.45, 2.75) is 19.3 Å². The summed E-state index contributed by atoms with van der Waals surface area (Å²) in [4.78, 5) is 9.65. The van der Waals surface area contributed by atoms with Crippen molar-refractivity contribution in [1.82, 2.24) is 0 Å². The summed E-state index contributed by atoms with van der Waals surface area (Å²) in [5.74, 6) is 0. The van der Waals surface area contributed by atoms with Gasteiger partial charge in [-0.25, -0.2) is 0 Å². The fourth-order valence-electron chi connectivity index (χ4n) is 1.05. The van der Waals surface area contributed by atoms with E-state index in [1.54, 1.807) is 0 Å². The molecule has 0 atom stereocenters. The summed E-state index contributed by atoms with van der Waals surface area (Å²) in [5.41, 5.74) is 1.00. The Morgan fingerprint density at radius 1 is 1.78 bits per heavy atom. The van der Waals surface area contributed by atoms with Gasteiger partial charge in [0.1, 0.15) is 0 Å². The highest BCUT2D eigenvalue weighted by Gasteiger charge is 2.08. The first-order valence-corrected chi connectivity index (χ1v) is 3.09. The summed E-state index contributed by atoms with van der Waals surface area (Å²) < 4.78 is 0. The Morgan fingerprint density at radius 3 is 3.00 bits per heavy atom. The second-order valence-electron chi connectivity index (χ2n) is 2.25. The minimum atomic E-state index is -0.267. The standard InChI is InChI=1S/C6H9NO2/c8-7(9)5-6-3-1-2-4-6/h3H,1-2,4-5H2. The second-order valence-corrected chi connectivity index (χ2v) is 2.25. The van der Waals surface area contributed by atoms with Crippen molar-refractivity contribution in [2.24, 2.45) is 0 Å². The molecule has 1 rings (SSSR count). The van der Waals surface area contributed by atoms with Crippen LogP contribution in [-0.4, -0.2) is 11.5 Å². The van der Waals surface area contributed by atoms with E-state index in [0.717, 1.165) is 24.8 Å². The molecule has 0 bridgehead atoms. The van der Waals surface area contributed by atoms with Gasteiger partial charge >= 0.3 is 0 Å². The first-order chi connectivity index (χ1) is 4.29. The highest BCUT2D eigenvalue weighted by atomic mass is 16.6. The van der Waals surface area contributed by atoms with Crippen LogP contribution < -0.4 is 0 Å². The van der Waals surface area contributed by atoms with Gasteiger partial charge in [-0.05, 0) is 24.8 Å². The number of nitrogens with zero attached hydrogens (tertiary/aromatic N) is 1. The fraction of sp³-hybridized carbons (Fsp3) is 0.667. The lowest BCUT2D eigenvalue weighted by Crippen LogP contribution is -2.01. The van der Waals surface area contributed by atoms with E-state index in [0.29, 0.717) is 0 Å². The molecule has 0 aromatic heterocycles. The first-order valence-electron chi connectivity index (χ1n) is 3.09. The minimum Gasteiger partial charge on any atom is -0.264 e. The molecule has 0 unspecified atom stereocenters. The molecule has 0 saturated carbocycles. The van der Waals surface area contributed by atoms with Gasteiger partial charge in [-0.15, -0.1) is 0 Å². The predicted molar refractivity (Wildman–Crippen MR) is 33.8 cm³/mol. The quantitative estimate of drug-likeness (QED) is 0.319. The van der Waals surface area contributed by atoms with Gasteiger partial charge < -0.3 is 0 Å². The number of hydrogen-bond donors (Lipinski definition) is 0. The van der Waals surface area contributed by atoms with Crippen LogP contribution >= 0.6 is 0 Å². The summed E-state index contributed by atoms with van der Waals surface area (Å²) in [6.45, 7) is 0.0556. The van der Waals surface area contributed by atoms with Gasteiger partial charge in [0.25, 0.3) is 0 Å². The number of hydrogen-bond acceptors (Lipinski definition) is 2. The summed E-state index contributed by atoms with van der Waals surface area (Å²) in [5, 5.41) is 9.92. The van der Waals surface area contributed by atoms with E-state index >= 15 is 0 Å². The summed E-state index contributed by atoms with van der Waals surface area (Å²) >= 11 is 0. The van der Waals surface area contributed by atoms with Crippen molar-refractivity contribution in [3.05, 3.63) is 21.8 Å². The lowest BCUT2D eigenvalue weighted by atomic mass is 10.2. The molecule has 0 saturated heterocycles. The maximum Gasteiger partial charge on any atom is 0.224 e. The third-order valence-corrected chi connectivity index (χ3v) is 1.47. The first kappa shape index (κ1) is 6.26. The van der Waals surface area contributed by atoms with Gasteiger partial charge in [-0.1, -0.05) is 6.08 Å². The van der Waals surface area contributed by atoms with E-state index in [9.17, 15) is 10.1 Å². The Balaban J connectivity index is 2.35. The molecule has 0 amide bonds. The van der Waals surface area contributed by atoms with Crippen LogP contribution in [-0.2, 0) is 0 Å². The average molecular weight is 127 g/mol. The van der Waals surface area contributed by atoms with E-state index in [2.05, 4.69) is 0 Å². The Bertz CT molecular complexity index is 151. The van der Waals surface area contributed by atoms with Crippen LogP contribution in [0.3, 0.4) is 0 Å². The zero-order valence-electron chi connectivity index (χ0n) is 5.17. The Morgan fingerprint density at radius 2 is 2.56 bits per heavy atom. The lowest BCUT2D eigenvalue weighted by Gasteiger charge is -1.90. The molecule has 0 fully saturated rings. The Kier molecular flexibility index (Phi) is 1.82. The molecule has 3 nitrogen and oxygen atoms in total. The smallest absolute Gasteiger partial charge is 0.224 e. The van der Waals surface area contributed by atoms with Crippen molar-refractivity contribution in [3.63, 3.8) is 0 Å². The van der Waals surface area contributed by atoms with Crippen LogP contribution in [0.2, 0.25) is 0 Å². The van der Waals surface area contributed by atoms with Gasteiger partial charge in [0.2, 0.25) is 6.54 Å². The van der Waals surface area contributed by atoms with Crippen molar-refractivity contribution < 1.29 is 4.92 Å². The predicted octanol–water partition coefficient (Wildman–Crippen LogP) is 1.37. The third-order valence-electron chi connectivity index (χ3n) is 1.47. The van der Waals surface area contributed by atoms with E-state index in [1.165, 1.54) is 0 Å². The highest BCUT2D eigenvalue weighted by Crippen LogP contribution is 2.16. The molecule has 0 aliphatic heterocycles. The highest BCUT2D eigenvalue weighted by molar-refractivity contribution is 5.07. The fourth-order valence-corrected chi connectivity index (χ4v) is 1.05. The van der Waals surface area contributed by atoms with Gasteiger partial charge in [-0.3, -0.25) is 10.1 Å². The summed E-state index contributed by atoms with van der Waals surface area (Å²) in [7, 11) is 0. The zero-order valence-corrected chi connectivity index (χ0v) is 5.17. The van der Waals surface area contributed by atoms with E-state index in [-0.39, 0.29) is 11.5 Å². The molecule has 1 aliphatic carbocycles. The topological polar surface area (TPSA) is 43.1 Å². The molecule has 50 valence electrons. The van der Waals surface area contributed by atoms with Crippen molar-refractivity contribution in [3.8, 4) is 0 Å². The lowest BCUT2D eigenvalue weighted by molar-refractivity contribution is -0.471. The van der Waals surface area contributed by atoms with E-state index in [1.807, 2.05) is 6.08 Å². The number of rotatable bonds is 2. The Labute approximate surface area is 53.5 Å². The SMILES string of the molecule is O=[N+]([O-])CC1=CCCC1. The number of nitro groups is 1. The van der Waals surface area contributed by atoms with Crippen LogP contribution in [0.1, 0.15) is 19.3 Å². The molecule has 0 radical (unpaired) electrons. The molecule has 0 spiro atoms. The normalized spacial score (nSPS) is 17.6. The van der Waals surface area contributed by atoms with Crippen LogP contribution in [0.15, 0.2) is 11.6 Å². The monoisotopic (exact) mass is 127 g/mol. The van der Waals surface area contributed by atoms with Gasteiger partial charge in [0, 0.05) is 4.92 Å². The van der Waals surface area contributed by atoms with Gasteiger partial charge in [-0.2, -0.15) is 0 Å². The van der Waals surface area contributed by atoms with E-state index < -0.39 is 0 Å². The van der Waals surface area contributed by atoms with Crippen LogP contribution in [0.5, 0.6) is 0 Å². The molecule has 0 N–H and O–H groups in total. The molecular weight excluding hydrogens is 118 g/mol. The third kappa shape index (κ3) is 1.83. The van der Waals surface area contributed by atoms with Gasteiger partial charge in [0.15, 0.2) is 0 Å². The van der Waals surface area contributed by atoms with Gasteiger partial charge in [0.05, 0.1) is 0 Å². The van der Waals surface area contributed by atoms with Crippen LogP contribution in [0.4, 0.5) is 0 Å². The van der Waals surface area contributed by atoms with Crippen molar-refractivity contribution in [2.75, 3.05) is 6.54 Å². The van der Waals surface area contributed by atoms with Crippen molar-refractivity contribution >= 4 is 0 Å². The maximum absolute atomic E-state index is 9.92.